The van der Waals surface area contributed by atoms with Gasteiger partial charge in [-0.2, -0.15) is 0 Å². The fourth-order valence-electron chi connectivity index (χ4n) is 2.85. The van der Waals surface area contributed by atoms with E-state index in [-0.39, 0.29) is 16.7 Å². The number of nitro benzene ring substituents is 1. The molecule has 1 saturated heterocycles. The number of hydrogen-bond acceptors (Lipinski definition) is 4. The average molecular weight is 263 g/mol. The first-order chi connectivity index (χ1) is 9.09. The molecule has 1 heterocycles. The van der Waals surface area contributed by atoms with Crippen molar-refractivity contribution in [3.8, 4) is 0 Å². The van der Waals surface area contributed by atoms with Crippen LogP contribution in [0.25, 0.3) is 0 Å². The zero-order chi connectivity index (χ0) is 13.8. The van der Waals surface area contributed by atoms with Crippen molar-refractivity contribution in [3.63, 3.8) is 0 Å². The first-order valence-corrected chi connectivity index (χ1v) is 6.81. The molecule has 2 atom stereocenters. The van der Waals surface area contributed by atoms with Crippen LogP contribution in [-0.2, 0) is 6.54 Å². The number of nitrogens with two attached hydrogens (primary N) is 1. The normalized spacial score (nSPS) is 22.1. The van der Waals surface area contributed by atoms with E-state index >= 15 is 0 Å². The minimum Gasteiger partial charge on any atom is -0.327 e. The minimum atomic E-state index is -0.305. The first kappa shape index (κ1) is 14.0. The summed E-state index contributed by atoms with van der Waals surface area (Å²) in [6.07, 6.45) is 3.42. The molecule has 2 rings (SSSR count). The lowest BCUT2D eigenvalue weighted by Crippen LogP contribution is -2.48. The third-order valence-electron chi connectivity index (χ3n) is 3.83. The molecule has 0 radical (unpaired) electrons. The molecule has 5 nitrogen and oxygen atoms in total. The maximum atomic E-state index is 11.0. The van der Waals surface area contributed by atoms with Gasteiger partial charge in [-0.15, -0.1) is 0 Å². The summed E-state index contributed by atoms with van der Waals surface area (Å²) < 4.78 is 0. The summed E-state index contributed by atoms with van der Waals surface area (Å²) >= 11 is 0. The lowest BCUT2D eigenvalue weighted by Gasteiger charge is -2.37. The minimum absolute atomic E-state index is 0.100. The van der Waals surface area contributed by atoms with E-state index in [9.17, 15) is 10.1 Å². The number of rotatable bonds is 4. The number of hydrogen-bond donors (Lipinski definition) is 1. The molecule has 0 amide bonds. The third-order valence-corrected chi connectivity index (χ3v) is 3.83. The topological polar surface area (TPSA) is 72.4 Å². The van der Waals surface area contributed by atoms with Crippen molar-refractivity contribution in [1.29, 1.82) is 0 Å². The van der Waals surface area contributed by atoms with Gasteiger partial charge in [0, 0.05) is 30.3 Å². The number of nitrogens with zero attached hydrogens (tertiary/aromatic N) is 2. The Hall–Kier alpha value is -1.46. The number of piperidine rings is 1. The summed E-state index contributed by atoms with van der Waals surface area (Å²) in [6, 6.07) is 7.40. The quantitative estimate of drug-likeness (QED) is 0.668. The summed E-state index contributed by atoms with van der Waals surface area (Å²) in [4.78, 5) is 13.0. The van der Waals surface area contributed by atoms with Crippen molar-refractivity contribution in [2.75, 3.05) is 6.54 Å². The van der Waals surface area contributed by atoms with Crippen molar-refractivity contribution in [2.24, 2.45) is 5.73 Å². The predicted octanol–water partition coefficient (Wildman–Crippen LogP) is 2.30. The van der Waals surface area contributed by atoms with Crippen LogP contribution in [0.1, 0.15) is 31.7 Å². The van der Waals surface area contributed by atoms with Crippen molar-refractivity contribution in [2.45, 2.75) is 44.8 Å². The van der Waals surface area contributed by atoms with E-state index in [4.69, 9.17) is 5.73 Å². The van der Waals surface area contributed by atoms with Gasteiger partial charge in [0.15, 0.2) is 0 Å². The molecule has 1 fully saturated rings. The van der Waals surface area contributed by atoms with E-state index < -0.39 is 0 Å². The van der Waals surface area contributed by atoms with Gasteiger partial charge in [0.2, 0.25) is 0 Å². The van der Waals surface area contributed by atoms with Crippen LogP contribution in [0.5, 0.6) is 0 Å². The second-order valence-electron chi connectivity index (χ2n) is 5.28. The van der Waals surface area contributed by atoms with Crippen LogP contribution in [0.2, 0.25) is 0 Å². The van der Waals surface area contributed by atoms with Crippen LogP contribution in [0, 0.1) is 10.1 Å². The zero-order valence-corrected chi connectivity index (χ0v) is 11.3. The lowest BCUT2D eigenvalue weighted by molar-refractivity contribution is -0.385. The van der Waals surface area contributed by atoms with Gasteiger partial charge >= 0.3 is 0 Å². The molecule has 1 aromatic carbocycles. The Morgan fingerprint density at radius 1 is 1.47 bits per heavy atom. The van der Waals surface area contributed by atoms with Gasteiger partial charge in [0.1, 0.15) is 0 Å². The number of benzene rings is 1. The summed E-state index contributed by atoms with van der Waals surface area (Å²) in [7, 11) is 0. The van der Waals surface area contributed by atoms with Gasteiger partial charge < -0.3 is 5.73 Å². The van der Waals surface area contributed by atoms with Crippen molar-refractivity contribution in [1.82, 2.24) is 4.90 Å². The molecule has 1 aromatic rings. The van der Waals surface area contributed by atoms with E-state index in [1.807, 2.05) is 19.1 Å². The van der Waals surface area contributed by atoms with Gasteiger partial charge in [0.25, 0.3) is 5.69 Å². The summed E-state index contributed by atoms with van der Waals surface area (Å²) in [5.41, 5.74) is 7.02. The molecule has 0 spiro atoms. The molecule has 5 heteroatoms. The van der Waals surface area contributed by atoms with Crippen LogP contribution >= 0.6 is 0 Å². The van der Waals surface area contributed by atoms with E-state index in [1.165, 1.54) is 6.42 Å². The highest BCUT2D eigenvalue weighted by Gasteiger charge is 2.27. The third kappa shape index (κ3) is 3.30. The SMILES string of the molecule is CC(N)C1CCCCN1Cc1ccccc1[N+](=O)[O-]. The molecule has 2 unspecified atom stereocenters. The molecule has 2 N–H and O–H groups in total. The largest absolute Gasteiger partial charge is 0.327 e. The molecule has 0 saturated carbocycles. The standard InChI is InChI=1S/C14H21N3O2/c1-11(15)13-7-4-5-9-16(13)10-12-6-2-3-8-14(12)17(18)19/h2-3,6,8,11,13H,4-5,7,9-10,15H2,1H3. The molecule has 104 valence electrons. The monoisotopic (exact) mass is 263 g/mol. The maximum Gasteiger partial charge on any atom is 0.273 e. The second kappa shape index (κ2) is 6.12. The molecule has 1 aliphatic rings. The Kier molecular flexibility index (Phi) is 4.50. The second-order valence-corrected chi connectivity index (χ2v) is 5.28. The Labute approximate surface area is 113 Å². The van der Waals surface area contributed by atoms with E-state index in [0.717, 1.165) is 24.9 Å². The van der Waals surface area contributed by atoms with Crippen molar-refractivity contribution >= 4 is 5.69 Å². The summed E-state index contributed by atoms with van der Waals surface area (Å²) in [6.45, 7) is 3.60. The van der Waals surface area contributed by atoms with E-state index in [2.05, 4.69) is 4.90 Å². The number of nitro groups is 1. The smallest absolute Gasteiger partial charge is 0.273 e. The fourth-order valence-corrected chi connectivity index (χ4v) is 2.85. The van der Waals surface area contributed by atoms with Crippen molar-refractivity contribution < 1.29 is 4.92 Å². The van der Waals surface area contributed by atoms with Gasteiger partial charge in [-0.1, -0.05) is 24.6 Å². The van der Waals surface area contributed by atoms with Gasteiger partial charge in [-0.3, -0.25) is 15.0 Å². The molecular formula is C14H21N3O2. The highest BCUT2D eigenvalue weighted by molar-refractivity contribution is 5.39. The number of likely N-dealkylation sites (tertiary alicyclic amines) is 1. The van der Waals surface area contributed by atoms with Gasteiger partial charge in [0.05, 0.1) is 4.92 Å². The molecular weight excluding hydrogens is 242 g/mol. The summed E-state index contributed by atoms with van der Waals surface area (Å²) in [5, 5.41) is 11.0. The average Bonchev–Trinajstić information content (AvgIpc) is 2.39. The molecule has 0 aliphatic carbocycles. The van der Waals surface area contributed by atoms with Crippen LogP contribution < -0.4 is 5.73 Å². The zero-order valence-electron chi connectivity index (χ0n) is 11.3. The Bertz CT molecular complexity index is 448. The molecule has 19 heavy (non-hydrogen) atoms. The van der Waals surface area contributed by atoms with Crippen LogP contribution in [0.15, 0.2) is 24.3 Å². The van der Waals surface area contributed by atoms with Gasteiger partial charge in [-0.05, 0) is 26.3 Å². The predicted molar refractivity (Wildman–Crippen MR) is 74.8 cm³/mol. The lowest BCUT2D eigenvalue weighted by atomic mass is 9.96. The molecule has 1 aliphatic heterocycles. The van der Waals surface area contributed by atoms with Crippen LogP contribution in [0.4, 0.5) is 5.69 Å². The van der Waals surface area contributed by atoms with Crippen molar-refractivity contribution in [3.05, 3.63) is 39.9 Å². The highest BCUT2D eigenvalue weighted by Crippen LogP contribution is 2.25. The summed E-state index contributed by atoms with van der Waals surface area (Å²) in [5.74, 6) is 0. The molecule has 0 aromatic heterocycles. The van der Waals surface area contributed by atoms with Crippen LogP contribution in [-0.4, -0.2) is 28.5 Å². The van der Waals surface area contributed by atoms with E-state index in [0.29, 0.717) is 12.6 Å². The Balaban J connectivity index is 2.17. The molecule has 0 bridgehead atoms. The fraction of sp³-hybridized carbons (Fsp3) is 0.571. The first-order valence-electron chi connectivity index (χ1n) is 6.81. The Morgan fingerprint density at radius 2 is 2.21 bits per heavy atom. The van der Waals surface area contributed by atoms with E-state index in [1.54, 1.807) is 12.1 Å². The Morgan fingerprint density at radius 3 is 2.89 bits per heavy atom. The maximum absolute atomic E-state index is 11.0. The highest BCUT2D eigenvalue weighted by atomic mass is 16.6. The van der Waals surface area contributed by atoms with Crippen LogP contribution in [0.3, 0.4) is 0 Å². The van der Waals surface area contributed by atoms with Gasteiger partial charge in [-0.25, -0.2) is 0 Å². The number of para-hydroxylation sites is 1.